The van der Waals surface area contributed by atoms with E-state index >= 15 is 0 Å². The van der Waals surface area contributed by atoms with E-state index in [-0.39, 0.29) is 0 Å². The van der Waals surface area contributed by atoms with E-state index in [4.69, 9.17) is 0 Å². The van der Waals surface area contributed by atoms with Crippen molar-refractivity contribution in [3.8, 4) is 66.8 Å². The van der Waals surface area contributed by atoms with Gasteiger partial charge >= 0.3 is 0 Å². The highest BCUT2D eigenvalue weighted by Gasteiger charge is 2.47. The molecule has 16 rings (SSSR count). The third-order valence-electron chi connectivity index (χ3n) is 18.2. The SMILES string of the molecule is c1ccc(C2(c3ccccc3)c3ccccc3-c3ccc(-c4ccc(N(c5ccc(-c6ccc7c(c6)C(c6ccccc6)(c6ccccc6)c6ccccc6-7)cc5)c5cccc(-c6cccc(-c7cccc8ccccc78)c6)c5)cc4)cc32)cc1. The van der Waals surface area contributed by atoms with Gasteiger partial charge in [-0.3, -0.25) is 0 Å². The zero-order valence-corrected chi connectivity index (χ0v) is 46.9. The van der Waals surface area contributed by atoms with Gasteiger partial charge in [0, 0.05) is 17.1 Å². The average Bonchev–Trinajstić information content (AvgIpc) is 1.72. The van der Waals surface area contributed by atoms with Crippen molar-refractivity contribution in [3.05, 3.63) is 390 Å². The lowest BCUT2D eigenvalue weighted by atomic mass is 9.67. The maximum atomic E-state index is 2.46. The minimum absolute atomic E-state index is 0.482. The van der Waals surface area contributed by atoms with E-state index in [0.29, 0.717) is 0 Å². The van der Waals surface area contributed by atoms with Crippen molar-refractivity contribution in [3.63, 3.8) is 0 Å². The van der Waals surface area contributed by atoms with E-state index in [0.717, 1.165) is 33.8 Å². The standard InChI is InChI=1S/C84H57N/c1-5-27-66(28-6-1)83(67-29-7-2-8-30-67)79-40-17-15-37-75(79)77-52-46-63(56-81(77)83)58-42-48-70(49-43-58)85(72-35-20-25-62(55-72)61-24-19-26-65(54-61)74-39-21-23-60-22-13-14-36-73(60)74)71-50-44-59(45-51-71)64-47-53-78-76-38-16-18-41-80(76)84(82(78)57-64,68-31-9-3-10-32-68)69-33-11-4-12-34-69/h1-57H. The molecule has 0 unspecified atom stereocenters. The van der Waals surface area contributed by atoms with Gasteiger partial charge < -0.3 is 4.90 Å². The van der Waals surface area contributed by atoms with Crippen molar-refractivity contribution in [2.24, 2.45) is 0 Å². The smallest absolute Gasteiger partial charge is 0.0713 e. The first kappa shape index (κ1) is 49.9. The maximum absolute atomic E-state index is 2.46. The summed E-state index contributed by atoms with van der Waals surface area (Å²) in [6, 6.07) is 128. The van der Waals surface area contributed by atoms with Gasteiger partial charge in [0.05, 0.1) is 10.8 Å². The molecule has 0 spiro atoms. The third-order valence-corrected chi connectivity index (χ3v) is 18.2. The Morgan fingerprint density at radius 3 is 1.05 bits per heavy atom. The molecule has 0 N–H and O–H groups in total. The van der Waals surface area contributed by atoms with Gasteiger partial charge in [-0.2, -0.15) is 0 Å². The van der Waals surface area contributed by atoms with Crippen LogP contribution in [0.2, 0.25) is 0 Å². The van der Waals surface area contributed by atoms with Crippen molar-refractivity contribution >= 4 is 27.8 Å². The number of fused-ring (bicyclic) bond motifs is 7. The summed E-state index contributed by atoms with van der Waals surface area (Å²) in [5.41, 5.74) is 27.1. The number of nitrogens with zero attached hydrogens (tertiary/aromatic N) is 1. The highest BCUT2D eigenvalue weighted by molar-refractivity contribution is 5.98. The molecule has 0 heterocycles. The predicted molar refractivity (Wildman–Crippen MR) is 355 cm³/mol. The second kappa shape index (κ2) is 20.5. The lowest BCUT2D eigenvalue weighted by molar-refractivity contribution is 0.769. The van der Waals surface area contributed by atoms with Crippen molar-refractivity contribution in [2.75, 3.05) is 4.90 Å². The van der Waals surface area contributed by atoms with Crippen LogP contribution in [0.4, 0.5) is 17.1 Å². The Balaban J connectivity index is 0.812. The molecule has 0 aliphatic heterocycles. The largest absolute Gasteiger partial charge is 0.310 e. The number of benzene rings is 14. The molecule has 1 heteroatoms. The van der Waals surface area contributed by atoms with Gasteiger partial charge in [0.2, 0.25) is 0 Å². The van der Waals surface area contributed by atoms with Crippen LogP contribution in [0.15, 0.2) is 346 Å². The Kier molecular flexibility index (Phi) is 12.1. The van der Waals surface area contributed by atoms with Gasteiger partial charge in [-0.15, -0.1) is 0 Å². The Hall–Kier alpha value is -10.9. The first-order chi connectivity index (χ1) is 42.1. The first-order valence-corrected chi connectivity index (χ1v) is 29.6. The van der Waals surface area contributed by atoms with Gasteiger partial charge in [0.25, 0.3) is 0 Å². The molecule has 0 fully saturated rings. The number of hydrogen-bond acceptors (Lipinski definition) is 1. The fraction of sp³-hybridized carbons (Fsp3) is 0.0238. The monoisotopic (exact) mass is 1080 g/mol. The molecular formula is C84H57N. The molecule has 85 heavy (non-hydrogen) atoms. The summed E-state index contributed by atoms with van der Waals surface area (Å²) in [5, 5.41) is 2.49. The summed E-state index contributed by atoms with van der Waals surface area (Å²) in [6.45, 7) is 0. The lowest BCUT2D eigenvalue weighted by Gasteiger charge is -2.34. The third kappa shape index (κ3) is 8.07. The molecule has 398 valence electrons. The number of rotatable bonds is 11. The van der Waals surface area contributed by atoms with Crippen LogP contribution >= 0.6 is 0 Å². The summed E-state index contributed by atoms with van der Waals surface area (Å²) < 4.78 is 0. The normalized spacial score (nSPS) is 13.1. The molecule has 0 bridgehead atoms. The van der Waals surface area contributed by atoms with Crippen LogP contribution in [0.3, 0.4) is 0 Å². The van der Waals surface area contributed by atoms with Crippen molar-refractivity contribution in [1.82, 2.24) is 0 Å². The fourth-order valence-corrected chi connectivity index (χ4v) is 14.5. The molecule has 0 saturated carbocycles. The van der Waals surface area contributed by atoms with Crippen LogP contribution in [-0.4, -0.2) is 0 Å². The van der Waals surface area contributed by atoms with Crippen LogP contribution in [-0.2, 0) is 10.8 Å². The van der Waals surface area contributed by atoms with E-state index in [1.165, 1.54) is 105 Å². The fourth-order valence-electron chi connectivity index (χ4n) is 14.5. The van der Waals surface area contributed by atoms with Crippen molar-refractivity contribution in [2.45, 2.75) is 10.8 Å². The molecule has 14 aromatic carbocycles. The zero-order chi connectivity index (χ0) is 56.3. The Bertz CT molecular complexity index is 4480. The van der Waals surface area contributed by atoms with Gasteiger partial charge in [0.15, 0.2) is 0 Å². The second-order valence-corrected chi connectivity index (χ2v) is 22.7. The molecule has 0 aromatic heterocycles. The molecule has 2 aliphatic rings. The van der Waals surface area contributed by atoms with Crippen LogP contribution in [0.5, 0.6) is 0 Å². The van der Waals surface area contributed by atoms with E-state index < -0.39 is 10.8 Å². The molecule has 0 saturated heterocycles. The number of hydrogen-bond donors (Lipinski definition) is 0. The van der Waals surface area contributed by atoms with E-state index in [9.17, 15) is 0 Å². The van der Waals surface area contributed by atoms with Crippen LogP contribution in [0.1, 0.15) is 44.5 Å². The lowest BCUT2D eigenvalue weighted by Crippen LogP contribution is -2.28. The molecule has 14 aromatic rings. The topological polar surface area (TPSA) is 3.24 Å². The molecular weight excluding hydrogens is 1020 g/mol. The molecule has 0 radical (unpaired) electrons. The Morgan fingerprint density at radius 2 is 0.541 bits per heavy atom. The van der Waals surface area contributed by atoms with Gasteiger partial charge in [-0.25, -0.2) is 0 Å². The highest BCUT2D eigenvalue weighted by atomic mass is 15.1. The van der Waals surface area contributed by atoms with E-state index in [2.05, 4.69) is 351 Å². The molecule has 1 nitrogen and oxygen atoms in total. The summed E-state index contributed by atoms with van der Waals surface area (Å²) in [6.07, 6.45) is 0. The van der Waals surface area contributed by atoms with E-state index in [1.54, 1.807) is 0 Å². The molecule has 2 aliphatic carbocycles. The second-order valence-electron chi connectivity index (χ2n) is 22.7. The maximum Gasteiger partial charge on any atom is 0.0713 e. The summed E-state index contributed by atoms with van der Waals surface area (Å²) in [7, 11) is 0. The summed E-state index contributed by atoms with van der Waals surface area (Å²) in [4.78, 5) is 2.41. The first-order valence-electron chi connectivity index (χ1n) is 29.6. The van der Waals surface area contributed by atoms with Gasteiger partial charge in [0.1, 0.15) is 0 Å². The quantitative estimate of drug-likeness (QED) is 0.125. The number of anilines is 3. The van der Waals surface area contributed by atoms with Gasteiger partial charge in [-0.1, -0.05) is 291 Å². The molecule has 0 atom stereocenters. The van der Waals surface area contributed by atoms with Crippen molar-refractivity contribution in [1.29, 1.82) is 0 Å². The van der Waals surface area contributed by atoms with Crippen LogP contribution in [0.25, 0.3) is 77.5 Å². The summed E-state index contributed by atoms with van der Waals surface area (Å²) in [5.74, 6) is 0. The van der Waals surface area contributed by atoms with Gasteiger partial charge in [-0.05, 0) is 177 Å². The summed E-state index contributed by atoms with van der Waals surface area (Å²) >= 11 is 0. The van der Waals surface area contributed by atoms with E-state index in [1.807, 2.05) is 0 Å². The van der Waals surface area contributed by atoms with Crippen LogP contribution < -0.4 is 4.90 Å². The Labute approximate surface area is 497 Å². The van der Waals surface area contributed by atoms with Crippen LogP contribution in [0, 0.1) is 0 Å². The minimum atomic E-state index is -0.482. The molecule has 0 amide bonds. The predicted octanol–water partition coefficient (Wildman–Crippen LogP) is 21.7. The highest BCUT2D eigenvalue weighted by Crippen LogP contribution is 2.58. The van der Waals surface area contributed by atoms with Crippen molar-refractivity contribution < 1.29 is 0 Å². The minimum Gasteiger partial charge on any atom is -0.310 e. The average molecular weight is 1080 g/mol. The Morgan fingerprint density at radius 1 is 0.188 bits per heavy atom. The zero-order valence-electron chi connectivity index (χ0n) is 46.9.